The Labute approximate surface area is 117 Å². The van der Waals surface area contributed by atoms with Gasteiger partial charge in [-0.25, -0.2) is 0 Å². The van der Waals surface area contributed by atoms with E-state index < -0.39 is 0 Å². The molecule has 3 heteroatoms. The van der Waals surface area contributed by atoms with E-state index in [9.17, 15) is 0 Å². The first kappa shape index (κ1) is 12.2. The first-order chi connectivity index (χ1) is 9.31. The van der Waals surface area contributed by atoms with Gasteiger partial charge in [-0.1, -0.05) is 61.0 Å². The number of halogens is 1. The molecule has 0 amide bonds. The van der Waals surface area contributed by atoms with Crippen LogP contribution in [0.4, 0.5) is 0 Å². The lowest BCUT2D eigenvalue weighted by atomic mass is 10.0. The maximum atomic E-state index is 6.21. The molecule has 0 N–H and O–H groups in total. The maximum absolute atomic E-state index is 6.21. The van der Waals surface area contributed by atoms with Gasteiger partial charge in [0, 0.05) is 5.39 Å². The number of hydrogen-bond acceptors (Lipinski definition) is 1. The van der Waals surface area contributed by atoms with Gasteiger partial charge in [0.2, 0.25) is 0 Å². The van der Waals surface area contributed by atoms with Gasteiger partial charge in [0.25, 0.3) is 0 Å². The van der Waals surface area contributed by atoms with E-state index in [0.717, 1.165) is 17.3 Å². The number of para-hydroxylation sites is 1. The molecule has 0 aliphatic carbocycles. The lowest BCUT2D eigenvalue weighted by Crippen LogP contribution is -2.11. The molecule has 1 unspecified atom stereocenters. The average Bonchev–Trinajstić information content (AvgIpc) is 2.79. The zero-order valence-corrected chi connectivity index (χ0v) is 11.2. The summed E-state index contributed by atoms with van der Waals surface area (Å²) < 4.78 is 1.97. The van der Waals surface area contributed by atoms with Crippen molar-refractivity contribution in [2.45, 2.75) is 12.5 Å². The first-order valence-corrected chi connectivity index (χ1v) is 6.66. The van der Waals surface area contributed by atoms with Crippen LogP contribution in [0.1, 0.15) is 18.0 Å². The Morgan fingerprint density at radius 3 is 2.47 bits per heavy atom. The second kappa shape index (κ2) is 5.06. The van der Waals surface area contributed by atoms with Crippen molar-refractivity contribution in [3.05, 3.63) is 72.2 Å². The Hall–Kier alpha value is -1.80. The Morgan fingerprint density at radius 2 is 1.74 bits per heavy atom. The molecule has 0 saturated carbocycles. The average molecular weight is 270 g/mol. The van der Waals surface area contributed by atoms with Gasteiger partial charge < -0.3 is 0 Å². The van der Waals surface area contributed by atoms with E-state index in [-0.39, 0.29) is 6.04 Å². The molecule has 2 aromatic carbocycles. The molecule has 3 rings (SSSR count). The van der Waals surface area contributed by atoms with Gasteiger partial charge in [-0.3, -0.25) is 4.68 Å². The summed E-state index contributed by atoms with van der Waals surface area (Å²) in [5, 5.41) is 6.01. The normalized spacial score (nSPS) is 12.7. The van der Waals surface area contributed by atoms with E-state index in [1.165, 1.54) is 5.56 Å². The topological polar surface area (TPSA) is 17.8 Å². The van der Waals surface area contributed by atoms with Crippen molar-refractivity contribution in [1.29, 1.82) is 0 Å². The highest BCUT2D eigenvalue weighted by molar-refractivity contribution is 6.34. The third kappa shape index (κ3) is 2.13. The summed E-state index contributed by atoms with van der Waals surface area (Å²) >= 11 is 6.21. The van der Waals surface area contributed by atoms with E-state index in [4.69, 9.17) is 11.6 Å². The van der Waals surface area contributed by atoms with Crippen molar-refractivity contribution < 1.29 is 0 Å². The number of nitrogens with zero attached hydrogens (tertiary/aromatic N) is 2. The molecular weight excluding hydrogens is 256 g/mol. The molecule has 95 valence electrons. The summed E-state index contributed by atoms with van der Waals surface area (Å²) in [5.41, 5.74) is 2.24. The van der Waals surface area contributed by atoms with Crippen LogP contribution in [-0.4, -0.2) is 9.78 Å². The zero-order chi connectivity index (χ0) is 13.2. The molecular formula is C16H14ClN2. The minimum Gasteiger partial charge on any atom is -0.256 e. The third-order valence-corrected chi connectivity index (χ3v) is 3.60. The molecule has 0 aliphatic rings. The fourth-order valence-electron chi connectivity index (χ4n) is 2.39. The van der Waals surface area contributed by atoms with Crippen molar-refractivity contribution in [1.82, 2.24) is 9.78 Å². The summed E-state index contributed by atoms with van der Waals surface area (Å²) in [4.78, 5) is 0. The highest BCUT2D eigenvalue weighted by Crippen LogP contribution is 2.29. The Morgan fingerprint density at radius 1 is 1.05 bits per heavy atom. The predicted octanol–water partition coefficient (Wildman–Crippen LogP) is 4.50. The van der Waals surface area contributed by atoms with E-state index in [2.05, 4.69) is 24.2 Å². The van der Waals surface area contributed by atoms with Gasteiger partial charge in [-0.05, 0) is 24.1 Å². The largest absolute Gasteiger partial charge is 0.256 e. The van der Waals surface area contributed by atoms with Crippen LogP contribution in [-0.2, 0) is 0 Å². The van der Waals surface area contributed by atoms with Crippen molar-refractivity contribution in [3.8, 4) is 0 Å². The molecule has 1 aromatic heterocycles. The highest BCUT2D eigenvalue weighted by atomic mass is 35.5. The maximum Gasteiger partial charge on any atom is 0.158 e. The minimum absolute atomic E-state index is 0.110. The molecule has 0 saturated heterocycles. The zero-order valence-electron chi connectivity index (χ0n) is 10.5. The molecule has 0 bridgehead atoms. The fourth-order valence-corrected chi connectivity index (χ4v) is 2.63. The number of rotatable bonds is 3. The molecule has 1 atom stereocenters. The van der Waals surface area contributed by atoms with Gasteiger partial charge in [0.15, 0.2) is 5.15 Å². The van der Waals surface area contributed by atoms with E-state index in [1.807, 2.05) is 47.1 Å². The summed E-state index contributed by atoms with van der Waals surface area (Å²) in [5.74, 6) is 0. The van der Waals surface area contributed by atoms with E-state index >= 15 is 0 Å². The van der Waals surface area contributed by atoms with Gasteiger partial charge in [-0.2, -0.15) is 5.10 Å². The number of aromatic nitrogens is 2. The SMILES string of the molecule is [CH2]CC(c1ccccc1)n1nc(Cl)c2ccccc21. The Balaban J connectivity index is 2.17. The van der Waals surface area contributed by atoms with Gasteiger partial charge >= 0.3 is 0 Å². The van der Waals surface area contributed by atoms with Crippen LogP contribution < -0.4 is 0 Å². The number of hydrogen-bond donors (Lipinski definition) is 0. The van der Waals surface area contributed by atoms with E-state index in [0.29, 0.717) is 5.15 Å². The quantitative estimate of drug-likeness (QED) is 0.684. The monoisotopic (exact) mass is 269 g/mol. The van der Waals surface area contributed by atoms with E-state index in [1.54, 1.807) is 0 Å². The molecule has 1 heterocycles. The molecule has 2 nitrogen and oxygen atoms in total. The van der Waals surface area contributed by atoms with Gasteiger partial charge in [0.05, 0.1) is 11.6 Å². The second-order valence-electron chi connectivity index (χ2n) is 4.47. The van der Waals surface area contributed by atoms with Crippen molar-refractivity contribution >= 4 is 22.5 Å². The number of benzene rings is 2. The Kier molecular flexibility index (Phi) is 3.26. The van der Waals surface area contributed by atoms with Crippen LogP contribution in [0.25, 0.3) is 10.9 Å². The summed E-state index contributed by atoms with van der Waals surface area (Å²) in [7, 11) is 0. The van der Waals surface area contributed by atoms with Crippen LogP contribution in [0.2, 0.25) is 5.15 Å². The predicted molar refractivity (Wildman–Crippen MR) is 79.3 cm³/mol. The standard InChI is InChI=1S/C16H14ClN2/c1-2-14(12-8-4-3-5-9-12)19-15-11-7-6-10-13(15)16(17)18-19/h3-11,14H,1-2H2. The Bertz CT molecular complexity index is 688. The van der Waals surface area contributed by atoms with Crippen LogP contribution in [0.3, 0.4) is 0 Å². The highest BCUT2D eigenvalue weighted by Gasteiger charge is 2.17. The van der Waals surface area contributed by atoms with Crippen molar-refractivity contribution in [2.75, 3.05) is 0 Å². The molecule has 0 spiro atoms. The first-order valence-electron chi connectivity index (χ1n) is 6.28. The summed E-state index contributed by atoms with van der Waals surface area (Å²) in [6.45, 7) is 4.05. The molecule has 19 heavy (non-hydrogen) atoms. The summed E-state index contributed by atoms with van der Waals surface area (Å²) in [6.07, 6.45) is 0.728. The lowest BCUT2D eigenvalue weighted by molar-refractivity contribution is 0.544. The second-order valence-corrected chi connectivity index (χ2v) is 4.83. The molecule has 0 fully saturated rings. The molecule has 0 aliphatic heterocycles. The van der Waals surface area contributed by atoms with Crippen LogP contribution in [0.5, 0.6) is 0 Å². The summed E-state index contributed by atoms with van der Waals surface area (Å²) in [6, 6.07) is 18.4. The molecule has 3 aromatic rings. The minimum atomic E-state index is 0.110. The van der Waals surface area contributed by atoms with Crippen molar-refractivity contribution in [2.24, 2.45) is 0 Å². The third-order valence-electron chi connectivity index (χ3n) is 3.32. The van der Waals surface area contributed by atoms with Gasteiger partial charge in [0.1, 0.15) is 0 Å². The number of fused-ring (bicyclic) bond motifs is 1. The smallest absolute Gasteiger partial charge is 0.158 e. The van der Waals surface area contributed by atoms with Crippen molar-refractivity contribution in [3.63, 3.8) is 0 Å². The molecule has 1 radical (unpaired) electrons. The lowest BCUT2D eigenvalue weighted by Gasteiger charge is -2.17. The van der Waals surface area contributed by atoms with Crippen LogP contribution in [0.15, 0.2) is 54.6 Å². The van der Waals surface area contributed by atoms with Crippen LogP contribution >= 0.6 is 11.6 Å². The van der Waals surface area contributed by atoms with Gasteiger partial charge in [-0.15, -0.1) is 0 Å². The fraction of sp³-hybridized carbons (Fsp3) is 0.125. The van der Waals surface area contributed by atoms with Crippen LogP contribution in [0, 0.1) is 6.92 Å².